The zero-order valence-corrected chi connectivity index (χ0v) is 17.1. The normalized spacial score (nSPS) is 14.2. The molecule has 0 heterocycles. The van der Waals surface area contributed by atoms with E-state index in [4.69, 9.17) is 4.74 Å². The van der Waals surface area contributed by atoms with E-state index in [1.807, 2.05) is 48.5 Å². The van der Waals surface area contributed by atoms with Crippen LogP contribution in [0.4, 0.5) is 9.18 Å². The molecule has 3 aromatic rings. The Balaban J connectivity index is 1.37. The summed E-state index contributed by atoms with van der Waals surface area (Å²) in [6.45, 7) is -0.286. The standard InChI is InChI=1S/C25H22FNO5/c26-21-11-5-6-15(13-28)23(21)24(30)22(29)12-27-25(31)32-14-20-18-9-3-1-7-16(18)17-8-2-4-10-19(17)20/h1-11,13,20,22,24,29-30H,12,14H2,(H,27,31). The molecule has 32 heavy (non-hydrogen) atoms. The highest BCUT2D eigenvalue weighted by molar-refractivity contribution is 5.79. The van der Waals surface area contributed by atoms with Crippen molar-refractivity contribution < 1.29 is 28.9 Å². The molecule has 3 aromatic carbocycles. The van der Waals surface area contributed by atoms with Gasteiger partial charge in [0.2, 0.25) is 0 Å². The molecule has 0 radical (unpaired) electrons. The molecule has 0 saturated heterocycles. The van der Waals surface area contributed by atoms with Gasteiger partial charge in [-0.15, -0.1) is 0 Å². The molecule has 0 spiro atoms. The van der Waals surface area contributed by atoms with Crippen LogP contribution in [-0.2, 0) is 4.74 Å². The van der Waals surface area contributed by atoms with Crippen LogP contribution >= 0.6 is 0 Å². The fraction of sp³-hybridized carbons (Fsp3) is 0.200. The number of fused-ring (bicyclic) bond motifs is 3. The highest BCUT2D eigenvalue weighted by Gasteiger charge is 2.29. The van der Waals surface area contributed by atoms with Crippen molar-refractivity contribution in [3.63, 3.8) is 0 Å². The van der Waals surface area contributed by atoms with Crippen molar-refractivity contribution in [2.24, 2.45) is 0 Å². The third-order valence-corrected chi connectivity index (χ3v) is 5.67. The quantitative estimate of drug-likeness (QED) is 0.493. The summed E-state index contributed by atoms with van der Waals surface area (Å²) in [5.74, 6) is -0.931. The molecule has 4 rings (SSSR count). The Morgan fingerprint density at radius 3 is 2.25 bits per heavy atom. The molecule has 1 amide bonds. The number of nitrogens with one attached hydrogen (secondary N) is 1. The summed E-state index contributed by atoms with van der Waals surface area (Å²) < 4.78 is 19.4. The van der Waals surface area contributed by atoms with Gasteiger partial charge in [-0.25, -0.2) is 9.18 Å². The van der Waals surface area contributed by atoms with Crippen LogP contribution in [0.15, 0.2) is 66.7 Å². The van der Waals surface area contributed by atoms with Crippen molar-refractivity contribution >= 4 is 12.4 Å². The topological polar surface area (TPSA) is 95.9 Å². The summed E-state index contributed by atoms with van der Waals surface area (Å²) in [6.07, 6.45) is -3.61. The van der Waals surface area contributed by atoms with Crippen LogP contribution in [-0.4, -0.2) is 41.8 Å². The number of aliphatic hydroxyl groups excluding tert-OH is 2. The number of carbonyl (C=O) groups is 2. The smallest absolute Gasteiger partial charge is 0.407 e. The zero-order chi connectivity index (χ0) is 22.7. The Labute approximate surface area is 184 Å². The molecular formula is C25H22FNO5. The lowest BCUT2D eigenvalue weighted by Crippen LogP contribution is -2.36. The number of carbonyl (C=O) groups excluding carboxylic acids is 2. The fourth-order valence-corrected chi connectivity index (χ4v) is 4.11. The summed E-state index contributed by atoms with van der Waals surface area (Å²) in [7, 11) is 0. The van der Waals surface area contributed by atoms with Gasteiger partial charge in [0.25, 0.3) is 0 Å². The minimum Gasteiger partial charge on any atom is -0.449 e. The average Bonchev–Trinajstić information content (AvgIpc) is 3.14. The molecular weight excluding hydrogens is 413 g/mol. The first-order valence-electron chi connectivity index (χ1n) is 10.2. The molecule has 1 aliphatic carbocycles. The first kappa shape index (κ1) is 21.7. The van der Waals surface area contributed by atoms with Gasteiger partial charge < -0.3 is 20.3 Å². The van der Waals surface area contributed by atoms with E-state index >= 15 is 0 Å². The number of aliphatic hydroxyl groups is 2. The number of benzene rings is 3. The maximum Gasteiger partial charge on any atom is 0.407 e. The Bertz CT molecular complexity index is 1100. The number of hydrogen-bond acceptors (Lipinski definition) is 5. The lowest BCUT2D eigenvalue weighted by molar-refractivity contribution is 0.0162. The van der Waals surface area contributed by atoms with Crippen molar-refractivity contribution in [3.8, 4) is 11.1 Å². The minimum absolute atomic E-state index is 0.0716. The van der Waals surface area contributed by atoms with E-state index in [-0.39, 0.29) is 30.2 Å². The molecule has 3 N–H and O–H groups in total. The second kappa shape index (κ2) is 9.30. The number of aldehydes is 1. The molecule has 0 aliphatic heterocycles. The third kappa shape index (κ3) is 4.12. The van der Waals surface area contributed by atoms with E-state index in [1.165, 1.54) is 12.1 Å². The van der Waals surface area contributed by atoms with Gasteiger partial charge in [-0.1, -0.05) is 60.7 Å². The second-order valence-electron chi connectivity index (χ2n) is 7.58. The SMILES string of the molecule is O=Cc1cccc(F)c1C(O)C(O)CNC(=O)OCC1c2ccccc2-c2ccccc21. The Morgan fingerprint density at radius 1 is 1.00 bits per heavy atom. The van der Waals surface area contributed by atoms with Crippen LogP contribution in [0.25, 0.3) is 11.1 Å². The van der Waals surface area contributed by atoms with E-state index in [1.54, 1.807) is 0 Å². The maximum atomic E-state index is 14.0. The van der Waals surface area contributed by atoms with Crippen molar-refractivity contribution in [2.45, 2.75) is 18.1 Å². The van der Waals surface area contributed by atoms with Crippen LogP contribution in [0.3, 0.4) is 0 Å². The Hall–Kier alpha value is -3.55. The van der Waals surface area contributed by atoms with Crippen LogP contribution < -0.4 is 5.32 Å². The Kier molecular flexibility index (Phi) is 6.30. The monoisotopic (exact) mass is 435 g/mol. The minimum atomic E-state index is -1.69. The first-order valence-corrected chi connectivity index (χ1v) is 10.2. The lowest BCUT2D eigenvalue weighted by Gasteiger charge is -2.20. The molecule has 2 unspecified atom stereocenters. The molecule has 7 heteroatoms. The number of halogens is 1. The van der Waals surface area contributed by atoms with Crippen molar-refractivity contribution in [1.29, 1.82) is 0 Å². The number of amides is 1. The molecule has 0 aromatic heterocycles. The van der Waals surface area contributed by atoms with E-state index in [9.17, 15) is 24.2 Å². The summed E-state index contributed by atoms with van der Waals surface area (Å²) in [4.78, 5) is 23.3. The summed E-state index contributed by atoms with van der Waals surface area (Å²) >= 11 is 0. The predicted molar refractivity (Wildman–Crippen MR) is 116 cm³/mol. The average molecular weight is 435 g/mol. The van der Waals surface area contributed by atoms with Crippen LogP contribution in [0, 0.1) is 5.82 Å². The Morgan fingerprint density at radius 2 is 1.62 bits per heavy atom. The number of hydrogen-bond donors (Lipinski definition) is 3. The van der Waals surface area contributed by atoms with E-state index in [0.717, 1.165) is 28.3 Å². The summed E-state index contributed by atoms with van der Waals surface area (Å²) in [5, 5.41) is 22.9. The van der Waals surface area contributed by atoms with Crippen molar-refractivity contribution in [1.82, 2.24) is 5.32 Å². The molecule has 2 atom stereocenters. The van der Waals surface area contributed by atoms with Crippen LogP contribution in [0.2, 0.25) is 0 Å². The van der Waals surface area contributed by atoms with E-state index in [0.29, 0.717) is 6.29 Å². The van der Waals surface area contributed by atoms with Crippen molar-refractivity contribution in [2.75, 3.05) is 13.2 Å². The zero-order valence-electron chi connectivity index (χ0n) is 17.1. The third-order valence-electron chi connectivity index (χ3n) is 5.67. The predicted octanol–water partition coefficient (Wildman–Crippen LogP) is 3.57. The second-order valence-corrected chi connectivity index (χ2v) is 7.58. The van der Waals surface area contributed by atoms with Gasteiger partial charge in [0.15, 0.2) is 6.29 Å². The van der Waals surface area contributed by atoms with Gasteiger partial charge in [0.1, 0.15) is 24.6 Å². The molecule has 164 valence electrons. The fourth-order valence-electron chi connectivity index (χ4n) is 4.11. The largest absolute Gasteiger partial charge is 0.449 e. The highest BCUT2D eigenvalue weighted by atomic mass is 19.1. The maximum absolute atomic E-state index is 14.0. The highest BCUT2D eigenvalue weighted by Crippen LogP contribution is 2.44. The van der Waals surface area contributed by atoms with Gasteiger partial charge in [-0.2, -0.15) is 0 Å². The lowest BCUT2D eigenvalue weighted by atomic mass is 9.98. The number of alkyl carbamates (subject to hydrolysis) is 1. The van der Waals surface area contributed by atoms with Gasteiger partial charge in [-0.3, -0.25) is 4.79 Å². The molecule has 6 nitrogen and oxygen atoms in total. The van der Waals surface area contributed by atoms with E-state index < -0.39 is 24.1 Å². The van der Waals surface area contributed by atoms with E-state index in [2.05, 4.69) is 5.32 Å². The first-order chi connectivity index (χ1) is 15.5. The molecule has 0 saturated carbocycles. The number of ether oxygens (including phenoxy) is 1. The van der Waals surface area contributed by atoms with Gasteiger partial charge in [0.05, 0.1) is 0 Å². The molecule has 0 bridgehead atoms. The van der Waals surface area contributed by atoms with Crippen LogP contribution in [0.5, 0.6) is 0 Å². The van der Waals surface area contributed by atoms with Crippen LogP contribution in [0.1, 0.15) is 39.1 Å². The molecule has 1 aliphatic rings. The van der Waals surface area contributed by atoms with Gasteiger partial charge >= 0.3 is 6.09 Å². The summed E-state index contributed by atoms with van der Waals surface area (Å²) in [6, 6.07) is 19.6. The van der Waals surface area contributed by atoms with Crippen molar-refractivity contribution in [3.05, 3.63) is 94.8 Å². The molecule has 0 fully saturated rings. The summed E-state index contributed by atoms with van der Waals surface area (Å²) in [5.41, 5.74) is 3.95. The van der Waals surface area contributed by atoms with Gasteiger partial charge in [0, 0.05) is 23.6 Å². The number of rotatable bonds is 7. The van der Waals surface area contributed by atoms with Gasteiger partial charge in [-0.05, 0) is 28.3 Å².